The highest BCUT2D eigenvalue weighted by molar-refractivity contribution is 5.77. The maximum absolute atomic E-state index is 11.3. The van der Waals surface area contributed by atoms with Gasteiger partial charge in [-0.2, -0.15) is 0 Å². The van der Waals surface area contributed by atoms with Crippen LogP contribution in [0.3, 0.4) is 0 Å². The molecule has 0 aromatic carbocycles. The van der Waals surface area contributed by atoms with Crippen LogP contribution in [-0.2, 0) is 4.79 Å². The van der Waals surface area contributed by atoms with Gasteiger partial charge in [-0.05, 0) is 26.3 Å². The van der Waals surface area contributed by atoms with E-state index in [9.17, 15) is 4.79 Å². The van der Waals surface area contributed by atoms with Crippen LogP contribution in [0.1, 0.15) is 25.7 Å². The molecule has 12 heavy (non-hydrogen) atoms. The van der Waals surface area contributed by atoms with Crippen LogP contribution in [0.25, 0.3) is 0 Å². The molecule has 2 rings (SSSR count). The Kier molecular flexibility index (Phi) is 2.05. The van der Waals surface area contributed by atoms with Crippen molar-refractivity contribution in [2.24, 2.45) is 0 Å². The van der Waals surface area contributed by atoms with E-state index in [0.29, 0.717) is 5.91 Å². The van der Waals surface area contributed by atoms with Crippen LogP contribution in [0.15, 0.2) is 0 Å². The molecule has 1 aliphatic carbocycles. The number of hydrogen-bond donors (Lipinski definition) is 0. The molecule has 0 atom stereocenters. The number of nitrogens with zero attached hydrogens (tertiary/aromatic N) is 2. The average molecular weight is 168 g/mol. The van der Waals surface area contributed by atoms with Gasteiger partial charge in [0.25, 0.3) is 0 Å². The van der Waals surface area contributed by atoms with E-state index in [1.54, 1.807) is 0 Å². The SMILES string of the molecule is CN(CN1CCCC1=O)C1CC1. The monoisotopic (exact) mass is 168 g/mol. The fraction of sp³-hybridized carbons (Fsp3) is 0.889. The Morgan fingerprint density at radius 1 is 1.58 bits per heavy atom. The Bertz CT molecular complexity index is 189. The van der Waals surface area contributed by atoms with Crippen molar-refractivity contribution in [3.63, 3.8) is 0 Å². The van der Waals surface area contributed by atoms with Crippen molar-refractivity contribution in [3.05, 3.63) is 0 Å². The van der Waals surface area contributed by atoms with Crippen LogP contribution in [0.4, 0.5) is 0 Å². The molecule has 2 fully saturated rings. The molecule has 0 bridgehead atoms. The molecule has 0 aromatic rings. The molecule has 3 nitrogen and oxygen atoms in total. The van der Waals surface area contributed by atoms with E-state index in [1.165, 1.54) is 12.8 Å². The summed E-state index contributed by atoms with van der Waals surface area (Å²) in [7, 11) is 2.11. The summed E-state index contributed by atoms with van der Waals surface area (Å²) in [5, 5.41) is 0. The van der Waals surface area contributed by atoms with Gasteiger partial charge in [0.15, 0.2) is 0 Å². The minimum Gasteiger partial charge on any atom is -0.330 e. The summed E-state index contributed by atoms with van der Waals surface area (Å²) < 4.78 is 0. The standard InChI is InChI=1S/C9H16N2O/c1-10(8-4-5-8)7-11-6-2-3-9(11)12/h8H,2-7H2,1H3. The second-order valence-electron chi connectivity index (χ2n) is 3.89. The molecular formula is C9H16N2O. The Labute approximate surface area is 73.3 Å². The van der Waals surface area contributed by atoms with Crippen molar-refractivity contribution < 1.29 is 4.79 Å². The van der Waals surface area contributed by atoms with E-state index < -0.39 is 0 Å². The zero-order valence-electron chi connectivity index (χ0n) is 7.62. The van der Waals surface area contributed by atoms with Crippen molar-refractivity contribution >= 4 is 5.91 Å². The van der Waals surface area contributed by atoms with Crippen LogP contribution >= 0.6 is 0 Å². The molecule has 0 radical (unpaired) electrons. The number of carbonyl (C=O) groups is 1. The third-order valence-electron chi connectivity index (χ3n) is 2.74. The van der Waals surface area contributed by atoms with Crippen LogP contribution in [-0.4, -0.2) is 42.0 Å². The molecule has 2 aliphatic rings. The Morgan fingerprint density at radius 3 is 2.83 bits per heavy atom. The molecule has 1 saturated heterocycles. The lowest BCUT2D eigenvalue weighted by atomic mass is 10.4. The van der Waals surface area contributed by atoms with Gasteiger partial charge in [-0.3, -0.25) is 9.69 Å². The summed E-state index contributed by atoms with van der Waals surface area (Å²) in [4.78, 5) is 15.5. The Morgan fingerprint density at radius 2 is 2.33 bits per heavy atom. The summed E-state index contributed by atoms with van der Waals surface area (Å²) in [5.74, 6) is 0.336. The van der Waals surface area contributed by atoms with E-state index >= 15 is 0 Å². The first-order valence-corrected chi connectivity index (χ1v) is 4.75. The molecule has 0 aromatic heterocycles. The van der Waals surface area contributed by atoms with Crippen molar-refractivity contribution in [2.45, 2.75) is 31.7 Å². The zero-order chi connectivity index (χ0) is 8.55. The maximum atomic E-state index is 11.3. The predicted molar refractivity (Wildman–Crippen MR) is 46.6 cm³/mol. The molecule has 1 saturated carbocycles. The molecular weight excluding hydrogens is 152 g/mol. The fourth-order valence-electron chi connectivity index (χ4n) is 1.75. The average Bonchev–Trinajstić information content (AvgIpc) is 2.80. The van der Waals surface area contributed by atoms with Crippen molar-refractivity contribution in [1.29, 1.82) is 0 Å². The lowest BCUT2D eigenvalue weighted by Crippen LogP contribution is -2.37. The highest BCUT2D eigenvalue weighted by atomic mass is 16.2. The minimum atomic E-state index is 0.336. The van der Waals surface area contributed by atoms with Gasteiger partial charge >= 0.3 is 0 Å². The van der Waals surface area contributed by atoms with E-state index in [4.69, 9.17) is 0 Å². The Balaban J connectivity index is 1.80. The zero-order valence-corrected chi connectivity index (χ0v) is 7.62. The number of amides is 1. The quantitative estimate of drug-likeness (QED) is 0.618. The van der Waals surface area contributed by atoms with Crippen LogP contribution < -0.4 is 0 Å². The molecule has 3 heteroatoms. The smallest absolute Gasteiger partial charge is 0.223 e. The summed E-state index contributed by atoms with van der Waals surface area (Å²) in [5.41, 5.74) is 0. The van der Waals surface area contributed by atoms with Gasteiger partial charge in [0, 0.05) is 19.0 Å². The minimum absolute atomic E-state index is 0.336. The number of carbonyl (C=O) groups excluding carboxylic acids is 1. The third kappa shape index (κ3) is 1.61. The summed E-state index contributed by atoms with van der Waals surface area (Å²) in [6.45, 7) is 1.82. The van der Waals surface area contributed by atoms with Crippen LogP contribution in [0, 0.1) is 0 Å². The van der Waals surface area contributed by atoms with E-state index in [0.717, 1.165) is 32.1 Å². The molecule has 1 aliphatic heterocycles. The lowest BCUT2D eigenvalue weighted by molar-refractivity contribution is -0.129. The molecule has 1 heterocycles. The first-order valence-electron chi connectivity index (χ1n) is 4.75. The van der Waals surface area contributed by atoms with E-state index in [1.807, 2.05) is 4.90 Å². The number of hydrogen-bond acceptors (Lipinski definition) is 2. The summed E-state index contributed by atoms with van der Waals surface area (Å²) in [6, 6.07) is 0.762. The van der Waals surface area contributed by atoms with E-state index in [-0.39, 0.29) is 0 Å². The van der Waals surface area contributed by atoms with E-state index in [2.05, 4.69) is 11.9 Å². The van der Waals surface area contributed by atoms with Crippen molar-refractivity contribution in [1.82, 2.24) is 9.80 Å². The highest BCUT2D eigenvalue weighted by Crippen LogP contribution is 2.25. The van der Waals surface area contributed by atoms with Crippen LogP contribution in [0.2, 0.25) is 0 Å². The number of rotatable bonds is 3. The number of likely N-dealkylation sites (tertiary alicyclic amines) is 1. The molecule has 68 valence electrons. The predicted octanol–water partition coefficient (Wildman–Crippen LogP) is 0.660. The molecule has 0 unspecified atom stereocenters. The van der Waals surface area contributed by atoms with Crippen molar-refractivity contribution in [2.75, 3.05) is 20.3 Å². The highest BCUT2D eigenvalue weighted by Gasteiger charge is 2.29. The summed E-state index contributed by atoms with van der Waals surface area (Å²) >= 11 is 0. The molecule has 0 spiro atoms. The topological polar surface area (TPSA) is 23.6 Å². The first-order chi connectivity index (χ1) is 5.77. The van der Waals surface area contributed by atoms with Gasteiger partial charge in [0.1, 0.15) is 0 Å². The molecule has 1 amide bonds. The Hall–Kier alpha value is -0.570. The van der Waals surface area contributed by atoms with Gasteiger partial charge in [-0.15, -0.1) is 0 Å². The normalized spacial score (nSPS) is 24.2. The molecule has 0 N–H and O–H groups in total. The summed E-state index contributed by atoms with van der Waals surface area (Å²) in [6.07, 6.45) is 4.45. The maximum Gasteiger partial charge on any atom is 0.223 e. The second-order valence-corrected chi connectivity index (χ2v) is 3.89. The third-order valence-corrected chi connectivity index (χ3v) is 2.74. The fourth-order valence-corrected chi connectivity index (χ4v) is 1.75. The first kappa shape index (κ1) is 8.05. The van der Waals surface area contributed by atoms with Gasteiger partial charge < -0.3 is 4.90 Å². The van der Waals surface area contributed by atoms with Gasteiger partial charge in [-0.25, -0.2) is 0 Å². The largest absolute Gasteiger partial charge is 0.330 e. The van der Waals surface area contributed by atoms with Crippen LogP contribution in [0.5, 0.6) is 0 Å². The van der Waals surface area contributed by atoms with Gasteiger partial charge in [0.05, 0.1) is 6.67 Å². The second kappa shape index (κ2) is 3.05. The lowest BCUT2D eigenvalue weighted by Gasteiger charge is -2.23. The van der Waals surface area contributed by atoms with Gasteiger partial charge in [-0.1, -0.05) is 0 Å². The van der Waals surface area contributed by atoms with Crippen molar-refractivity contribution in [3.8, 4) is 0 Å². The van der Waals surface area contributed by atoms with Gasteiger partial charge in [0.2, 0.25) is 5.91 Å².